The molecule has 0 aromatic heterocycles. The summed E-state index contributed by atoms with van der Waals surface area (Å²) in [7, 11) is 0. The van der Waals surface area contributed by atoms with Crippen molar-refractivity contribution in [2.45, 2.75) is 227 Å². The highest BCUT2D eigenvalue weighted by molar-refractivity contribution is 5.13. The van der Waals surface area contributed by atoms with Gasteiger partial charge in [-0.2, -0.15) is 0 Å². The molecule has 14 N–H and O–H groups in total. The van der Waals surface area contributed by atoms with Crippen LogP contribution in [-0.2, 0) is 42.6 Å². The second kappa shape index (κ2) is 24.2. The van der Waals surface area contributed by atoms with E-state index in [1.807, 2.05) is 0 Å². The Balaban J connectivity index is 0.900. The molecule has 4 saturated carbocycles. The second-order valence-corrected chi connectivity index (χ2v) is 23.0. The summed E-state index contributed by atoms with van der Waals surface area (Å²) in [4.78, 5) is 0. The van der Waals surface area contributed by atoms with Crippen molar-refractivity contribution in [1.29, 1.82) is 0 Å². The van der Waals surface area contributed by atoms with Crippen LogP contribution in [0.3, 0.4) is 0 Å². The van der Waals surface area contributed by atoms with E-state index in [4.69, 9.17) is 42.6 Å². The number of hydrogen-bond acceptors (Lipinski definition) is 23. The molecule has 8 rings (SSSR count). The van der Waals surface area contributed by atoms with Crippen LogP contribution in [0.1, 0.15) is 91.9 Å². The molecule has 424 valence electrons. The third-order valence-electron chi connectivity index (χ3n) is 19.1. The average Bonchev–Trinajstić information content (AvgIpc) is 3.75. The fraction of sp³-hybridized carbons (Fsp3) is 1.00. The van der Waals surface area contributed by atoms with Crippen LogP contribution in [0.4, 0.5) is 0 Å². The first-order valence-corrected chi connectivity index (χ1v) is 26.8. The van der Waals surface area contributed by atoms with Gasteiger partial charge in [0.25, 0.3) is 0 Å². The van der Waals surface area contributed by atoms with Gasteiger partial charge in [0, 0.05) is 0 Å². The molecule has 23 heteroatoms. The molecule has 0 aromatic carbocycles. The Hall–Kier alpha value is -0.920. The Morgan fingerprint density at radius 3 is 1.55 bits per heavy atom. The summed E-state index contributed by atoms with van der Waals surface area (Å²) in [5.74, 6) is 2.38. The van der Waals surface area contributed by atoms with Crippen molar-refractivity contribution in [3.8, 4) is 0 Å². The molecule has 0 spiro atoms. The van der Waals surface area contributed by atoms with Gasteiger partial charge in [-0.25, -0.2) is 0 Å². The highest BCUT2D eigenvalue weighted by atomic mass is 16.8. The molecule has 8 fully saturated rings. The van der Waals surface area contributed by atoms with E-state index in [1.165, 1.54) is 0 Å². The zero-order chi connectivity index (χ0) is 52.8. The van der Waals surface area contributed by atoms with E-state index >= 15 is 0 Å². The maximum atomic E-state index is 11.3. The fourth-order valence-corrected chi connectivity index (χ4v) is 15.0. The predicted molar refractivity (Wildman–Crippen MR) is 248 cm³/mol. The van der Waals surface area contributed by atoms with E-state index < -0.39 is 149 Å². The Labute approximate surface area is 426 Å². The number of fused-ring (bicyclic) bond motifs is 5. The molecular weight excluding hydrogens is 969 g/mol. The van der Waals surface area contributed by atoms with Crippen LogP contribution >= 0.6 is 0 Å². The number of rotatable bonds is 18. The second-order valence-electron chi connectivity index (χ2n) is 23.0. The van der Waals surface area contributed by atoms with E-state index in [2.05, 4.69) is 27.7 Å². The molecule has 0 radical (unpaired) electrons. The third-order valence-corrected chi connectivity index (χ3v) is 19.1. The summed E-state index contributed by atoms with van der Waals surface area (Å²) < 4.78 is 53.7. The van der Waals surface area contributed by atoms with Crippen molar-refractivity contribution in [2.75, 3.05) is 39.6 Å². The monoisotopic (exact) mass is 1050 g/mol. The van der Waals surface area contributed by atoms with Crippen LogP contribution < -0.4 is 0 Å². The number of aliphatic hydroxyl groups excluding tert-OH is 14. The van der Waals surface area contributed by atoms with Gasteiger partial charge in [0.1, 0.15) is 97.7 Å². The van der Waals surface area contributed by atoms with Crippen molar-refractivity contribution in [1.82, 2.24) is 0 Å². The minimum atomic E-state index is -1.79. The number of ether oxygens (including phenoxy) is 9. The largest absolute Gasteiger partial charge is 0.394 e. The molecule has 8 aliphatic rings. The molecule has 4 heterocycles. The van der Waals surface area contributed by atoms with Gasteiger partial charge in [0.15, 0.2) is 25.2 Å². The van der Waals surface area contributed by atoms with E-state index in [1.54, 1.807) is 0 Å². The fourth-order valence-electron chi connectivity index (χ4n) is 15.0. The summed E-state index contributed by atoms with van der Waals surface area (Å²) in [5.41, 5.74) is -0.210. The molecule has 30 atom stereocenters. The summed E-state index contributed by atoms with van der Waals surface area (Å²) in [6.45, 7) is 6.74. The zero-order valence-electron chi connectivity index (χ0n) is 42.4. The van der Waals surface area contributed by atoms with Crippen LogP contribution in [0.15, 0.2) is 0 Å². The standard InChI is InChI=1S/C50H86O23/c1-5-6-21(2)25-9-10-26-24-8-7-22-15-23(67-46-42(64)38(60)44(31(20-54)71-46)73-48-40(62)36(58)34(56)29(18-52)69-48)11-12-49(22,3)27(24)16-32(50(25,26)4)65-13-14-66-45-41(63)37(59)43(30(19-53)70-45)72-47-39(61)35(57)33(55)28(17-51)68-47/h21-48,51-64H,5-20H2,1-4H3/t21-,22-,23-,24+,25-,26+,27+,28?,29?,30?,31?,32+,33-,34-,35+,36+,37?,38?,39?,40?,41+,42+,43-,44-,45-,46-,47-,48-,49+,50-/m1/s1. The first kappa shape index (κ1) is 58.2. The molecular formula is C50H86O23. The van der Waals surface area contributed by atoms with E-state index in [9.17, 15) is 71.5 Å². The van der Waals surface area contributed by atoms with Gasteiger partial charge < -0.3 is 114 Å². The lowest BCUT2D eigenvalue weighted by Crippen LogP contribution is -2.65. The molecule has 0 aromatic rings. The molecule has 0 bridgehead atoms. The van der Waals surface area contributed by atoms with Gasteiger partial charge >= 0.3 is 0 Å². The molecule has 0 amide bonds. The van der Waals surface area contributed by atoms with Crippen LogP contribution in [-0.4, -0.2) is 246 Å². The van der Waals surface area contributed by atoms with Gasteiger partial charge in [-0.15, -0.1) is 0 Å². The first-order valence-electron chi connectivity index (χ1n) is 26.8. The van der Waals surface area contributed by atoms with Crippen molar-refractivity contribution in [2.24, 2.45) is 46.3 Å². The summed E-state index contributed by atoms with van der Waals surface area (Å²) >= 11 is 0. The molecule has 8 unspecified atom stereocenters. The average molecular weight is 1060 g/mol. The highest BCUT2D eigenvalue weighted by Crippen LogP contribution is 2.69. The topological polar surface area (TPSA) is 366 Å². The van der Waals surface area contributed by atoms with Crippen molar-refractivity contribution in [3.05, 3.63) is 0 Å². The Kier molecular flexibility index (Phi) is 19.3. The van der Waals surface area contributed by atoms with Gasteiger partial charge in [-0.1, -0.05) is 40.5 Å². The predicted octanol–water partition coefficient (Wildman–Crippen LogP) is -3.27. The van der Waals surface area contributed by atoms with E-state index in [-0.39, 0.29) is 42.2 Å². The SMILES string of the molecule is CCC[C@@H](C)[C@H]1CC[C@H]2[C@@H]3CC[C@@H]4C[C@H](O[C@@H]5OC(CO)[C@@H](O[C@H]6OC(CO)[C@@H](O)[C@H](O)C6O)C(O)[C@@H]5O)CC[C@]4(C)[C@H]3C[C@H](OCCO[C@@H]3OC(CO)[C@@H](O[C@H]4OC(CO)[C@@H](O)[C@H](O)C4O)C(O)[C@@H]3O)[C@]12C. The summed E-state index contributed by atoms with van der Waals surface area (Å²) in [6, 6.07) is 0. The number of aliphatic hydroxyl groups is 14. The van der Waals surface area contributed by atoms with Crippen molar-refractivity contribution in [3.63, 3.8) is 0 Å². The van der Waals surface area contributed by atoms with Crippen molar-refractivity contribution >= 4 is 0 Å². The first-order chi connectivity index (χ1) is 34.8. The van der Waals surface area contributed by atoms with Gasteiger partial charge in [-0.3, -0.25) is 0 Å². The molecule has 4 saturated heterocycles. The minimum Gasteiger partial charge on any atom is -0.394 e. The van der Waals surface area contributed by atoms with Crippen molar-refractivity contribution < 1.29 is 114 Å². The lowest BCUT2D eigenvalue weighted by molar-refractivity contribution is -0.364. The summed E-state index contributed by atoms with van der Waals surface area (Å²) in [6.07, 6.45) is -22.1. The van der Waals surface area contributed by atoms with Crippen LogP contribution in [0, 0.1) is 46.3 Å². The third kappa shape index (κ3) is 11.1. The quantitative estimate of drug-likeness (QED) is 0.0473. The Bertz CT molecular complexity index is 1730. The molecule has 73 heavy (non-hydrogen) atoms. The lowest BCUT2D eigenvalue weighted by Gasteiger charge is -2.63. The molecule has 23 nitrogen and oxygen atoms in total. The normalized spacial score (nSPS) is 52.8. The van der Waals surface area contributed by atoms with Crippen LogP contribution in [0.25, 0.3) is 0 Å². The Morgan fingerprint density at radius 1 is 0.507 bits per heavy atom. The smallest absolute Gasteiger partial charge is 0.187 e. The highest BCUT2D eigenvalue weighted by Gasteiger charge is 2.65. The minimum absolute atomic E-state index is 0.0220. The molecule has 4 aliphatic carbocycles. The zero-order valence-corrected chi connectivity index (χ0v) is 42.4. The van der Waals surface area contributed by atoms with Gasteiger partial charge in [0.05, 0.1) is 51.8 Å². The summed E-state index contributed by atoms with van der Waals surface area (Å²) in [5, 5.41) is 147. The number of hydrogen-bond donors (Lipinski definition) is 14. The van der Waals surface area contributed by atoms with Gasteiger partial charge in [0.2, 0.25) is 0 Å². The molecule has 4 aliphatic heterocycles. The van der Waals surface area contributed by atoms with Crippen LogP contribution in [0.5, 0.6) is 0 Å². The van der Waals surface area contributed by atoms with E-state index in [0.29, 0.717) is 42.4 Å². The van der Waals surface area contributed by atoms with Crippen LogP contribution in [0.2, 0.25) is 0 Å². The lowest BCUT2D eigenvalue weighted by atomic mass is 9.43. The van der Waals surface area contributed by atoms with E-state index in [0.717, 1.165) is 51.4 Å². The maximum Gasteiger partial charge on any atom is 0.187 e. The Morgan fingerprint density at radius 2 is 1.00 bits per heavy atom. The maximum absolute atomic E-state index is 11.3. The van der Waals surface area contributed by atoms with Gasteiger partial charge in [-0.05, 0) is 97.7 Å².